The number of allylic oxidation sites excluding steroid dienone is 18. The molecule has 94 heavy (non-hydrogen) atoms. The van der Waals surface area contributed by atoms with Gasteiger partial charge in [0.15, 0.2) is 34.4 Å². The Morgan fingerprint density at radius 1 is 0.436 bits per heavy atom. The second kappa shape index (κ2) is 30.1. The van der Waals surface area contributed by atoms with E-state index in [0.29, 0.717) is 81.8 Å². The fraction of sp³-hybridized carbons (Fsp3) is 0.541. The summed E-state index contributed by atoms with van der Waals surface area (Å²) in [5.74, 6) is -4.65. The van der Waals surface area contributed by atoms with Gasteiger partial charge in [0.2, 0.25) is 0 Å². The fourth-order valence-corrected chi connectivity index (χ4v) is 15.6. The summed E-state index contributed by atoms with van der Waals surface area (Å²) < 4.78 is 83.4. The number of esters is 2. The van der Waals surface area contributed by atoms with Crippen LogP contribution >= 0.6 is 0 Å². The Bertz CT molecular complexity index is 3270. The second-order valence-electron chi connectivity index (χ2n) is 25.9. The molecule has 2 aromatic carbocycles. The lowest BCUT2D eigenvalue weighted by Gasteiger charge is -2.41. The van der Waals surface area contributed by atoms with E-state index >= 15 is 0 Å². The number of nitrogen functional groups attached to an aromatic ring is 2. The van der Waals surface area contributed by atoms with Gasteiger partial charge in [-0.25, -0.2) is 9.59 Å². The molecule has 12 heterocycles. The molecule has 20 nitrogen and oxygen atoms in total. The number of ether oxygens (including phenoxy) is 14. The first-order valence-corrected chi connectivity index (χ1v) is 33.3. The van der Waals surface area contributed by atoms with Crippen LogP contribution in [0.4, 0.5) is 11.4 Å². The molecule has 12 aliphatic heterocycles. The maximum atomic E-state index is 12.8. The molecular weight excluding hydrogens is 1200 g/mol. The van der Waals surface area contributed by atoms with Gasteiger partial charge in [0.1, 0.15) is 11.2 Å². The van der Waals surface area contributed by atoms with Crippen molar-refractivity contribution in [3.63, 3.8) is 0 Å². The molecule has 20 heteroatoms. The zero-order chi connectivity index (χ0) is 65.9. The Morgan fingerprint density at radius 3 is 1.35 bits per heavy atom. The van der Waals surface area contributed by atoms with E-state index in [4.69, 9.17) is 77.8 Å². The van der Waals surface area contributed by atoms with Gasteiger partial charge in [0.05, 0.1) is 138 Å². The summed E-state index contributed by atoms with van der Waals surface area (Å²) >= 11 is 0. The third-order valence-corrected chi connectivity index (χ3v) is 19.8. The van der Waals surface area contributed by atoms with Crippen LogP contribution in [-0.4, -0.2) is 171 Å². The normalized spacial score (nSPS) is 38.9. The van der Waals surface area contributed by atoms with E-state index in [1.807, 2.05) is 137 Å². The van der Waals surface area contributed by atoms with Crippen LogP contribution in [0.2, 0.25) is 0 Å². The molecular formula is C74H94N2O18. The topological polar surface area (TPSA) is 256 Å². The fourth-order valence-electron chi connectivity index (χ4n) is 15.6. The first kappa shape index (κ1) is 69.2. The van der Waals surface area contributed by atoms with E-state index in [0.717, 1.165) is 44.9 Å². The summed E-state index contributed by atoms with van der Waals surface area (Å²) in [4.78, 5) is 25.7. The van der Waals surface area contributed by atoms with Gasteiger partial charge in [-0.05, 0) is 103 Å². The first-order valence-electron chi connectivity index (χ1n) is 33.3. The number of aliphatic hydroxyl groups is 2. The molecule has 0 amide bonds. The molecule has 14 rings (SSSR count). The van der Waals surface area contributed by atoms with Gasteiger partial charge in [-0.1, -0.05) is 134 Å². The number of anilines is 2. The number of hydrogen-bond acceptors (Lipinski definition) is 20. The summed E-state index contributed by atoms with van der Waals surface area (Å²) in [5.41, 5.74) is 9.92. The number of para-hydroxylation sites is 2. The minimum atomic E-state index is -0.956. The van der Waals surface area contributed by atoms with Gasteiger partial charge in [0, 0.05) is 24.2 Å². The smallest absolute Gasteiger partial charge is 0.340 e. The number of carbonyl (C=O) groups is 2. The third-order valence-electron chi connectivity index (χ3n) is 19.8. The standard InChI is InChI=1S/C22H27NO5.C22H25NO5.C15H22O4.C15H20O4/c2*1-2-3-4-5-8-12-22-19-18(11-13-26-22)25-14-21(19,15-27-22)28-20(24)16-9-6-7-10-17(16)23;2*1-2-3-4-5-6-8-15-13-12(7-9-18-15)17-10-14(13,16)11-19-15/h2-7,9-10,18-19H,8,11-15,23H2,1H3;2-10,12,18-19H,11,13-15,23H2,1H3;2-5,12-13,16H,6-11H2,1H3;2-6,8,12-13,16H,7,9-11H2,1H3/b3-2+,5-4+;3-2+,5-4+,12-8+;3-2+,5-4+;3-2+,5-4+,8-6+/t2*18-,19+,21-,22-;2*12-,13+,14-,15-/m0000/s1. The molecule has 12 saturated heterocycles. The number of rotatable bonds is 18. The highest BCUT2D eigenvalue weighted by Crippen LogP contribution is 2.57. The second-order valence-corrected chi connectivity index (χ2v) is 25.9. The maximum Gasteiger partial charge on any atom is 0.340 e. The van der Waals surface area contributed by atoms with Crippen LogP contribution in [0.3, 0.4) is 0 Å². The molecule has 0 aromatic heterocycles. The minimum absolute atomic E-state index is 0.0308. The highest BCUT2D eigenvalue weighted by molar-refractivity contribution is 5.96. The Kier molecular flexibility index (Phi) is 22.1. The summed E-state index contributed by atoms with van der Waals surface area (Å²) in [6, 6.07) is 13.8. The first-order chi connectivity index (χ1) is 45.6. The van der Waals surface area contributed by atoms with Crippen molar-refractivity contribution in [2.75, 3.05) is 90.7 Å². The molecule has 0 aliphatic carbocycles. The lowest BCUT2D eigenvalue weighted by molar-refractivity contribution is -0.270. The quantitative estimate of drug-likeness (QED) is 0.0615. The van der Waals surface area contributed by atoms with Crippen molar-refractivity contribution < 1.29 is 86.1 Å². The van der Waals surface area contributed by atoms with E-state index in [2.05, 4.69) is 12.2 Å². The SMILES string of the molecule is C/C=C/C=C/C=C/[C@]12OCC[C@@H]3OC[C@](O)(CO1)[C@@H]32.C/C=C/C=C/C=C/[C@]12OCC[C@@H]3OC[C@](OC(=O)c4ccccc4N)(CO1)[C@@H]32.C/C=C/C=C/CC[C@]12OCC[C@@H]3OC[C@](O)(CO1)[C@@H]32.C/C=C/C=C/CC[C@]12OCC[C@@H]3OC[C@](OC(=O)c4ccccc4N)(CO1)[C@@H]32. The molecule has 0 saturated carbocycles. The van der Waals surface area contributed by atoms with Crippen molar-refractivity contribution in [1.29, 1.82) is 0 Å². The molecule has 12 fully saturated rings. The van der Waals surface area contributed by atoms with Gasteiger partial charge in [-0.2, -0.15) is 0 Å². The molecule has 0 unspecified atom stereocenters. The molecule has 16 atom stereocenters. The zero-order valence-electron chi connectivity index (χ0n) is 54.5. The van der Waals surface area contributed by atoms with Gasteiger partial charge in [0.25, 0.3) is 0 Å². The lowest BCUT2D eigenvalue weighted by atomic mass is 9.78. The van der Waals surface area contributed by atoms with Crippen molar-refractivity contribution in [2.24, 2.45) is 23.7 Å². The van der Waals surface area contributed by atoms with E-state index in [9.17, 15) is 19.8 Å². The van der Waals surface area contributed by atoms with Gasteiger partial charge in [-0.15, -0.1) is 0 Å². The van der Waals surface area contributed by atoms with Gasteiger partial charge < -0.3 is 88.0 Å². The van der Waals surface area contributed by atoms with Gasteiger partial charge in [-0.3, -0.25) is 0 Å². The maximum absolute atomic E-state index is 12.8. The number of nitrogens with two attached hydrogens (primary N) is 2. The molecule has 0 bridgehead atoms. The Hall–Kier alpha value is -6.18. The molecule has 2 aromatic rings. The Morgan fingerprint density at radius 2 is 0.819 bits per heavy atom. The summed E-state index contributed by atoms with van der Waals surface area (Å²) in [6.45, 7) is 12.7. The summed E-state index contributed by atoms with van der Waals surface area (Å²) in [6.07, 6.45) is 45.7. The highest BCUT2D eigenvalue weighted by Gasteiger charge is 2.72. The Labute approximate surface area is 551 Å². The van der Waals surface area contributed by atoms with Crippen molar-refractivity contribution in [2.45, 2.75) is 149 Å². The number of benzene rings is 2. The number of hydrogen-bond donors (Lipinski definition) is 4. The Balaban J connectivity index is 0.000000130. The van der Waals surface area contributed by atoms with Crippen LogP contribution in [0.15, 0.2) is 170 Å². The van der Waals surface area contributed by atoms with E-state index in [1.54, 1.807) is 48.5 Å². The zero-order valence-corrected chi connectivity index (χ0v) is 54.5. The number of carbonyl (C=O) groups excluding carboxylic acids is 2. The van der Waals surface area contributed by atoms with Crippen LogP contribution in [-0.2, 0) is 66.3 Å². The summed E-state index contributed by atoms with van der Waals surface area (Å²) in [5, 5.41) is 21.1. The molecule has 12 aliphatic rings. The molecule has 0 radical (unpaired) electrons. The average molecular weight is 1300 g/mol. The molecule has 6 N–H and O–H groups in total. The van der Waals surface area contributed by atoms with Crippen LogP contribution < -0.4 is 11.5 Å². The minimum Gasteiger partial charge on any atom is -0.450 e. The van der Waals surface area contributed by atoms with Crippen molar-refractivity contribution in [1.82, 2.24) is 0 Å². The van der Waals surface area contributed by atoms with Crippen LogP contribution in [0, 0.1) is 23.7 Å². The van der Waals surface area contributed by atoms with Gasteiger partial charge >= 0.3 is 11.9 Å². The van der Waals surface area contributed by atoms with E-state index in [1.165, 1.54) is 0 Å². The molecule has 0 spiro atoms. The predicted octanol–water partition coefficient (Wildman–Crippen LogP) is 9.61. The van der Waals surface area contributed by atoms with E-state index in [-0.39, 0.29) is 74.5 Å². The molecule has 508 valence electrons. The van der Waals surface area contributed by atoms with Crippen molar-refractivity contribution in [3.05, 3.63) is 181 Å². The predicted molar refractivity (Wildman–Crippen MR) is 350 cm³/mol. The van der Waals surface area contributed by atoms with Crippen molar-refractivity contribution in [3.8, 4) is 0 Å². The third kappa shape index (κ3) is 14.0. The van der Waals surface area contributed by atoms with E-state index < -0.39 is 57.5 Å². The summed E-state index contributed by atoms with van der Waals surface area (Å²) in [7, 11) is 0. The van der Waals surface area contributed by atoms with Crippen LogP contribution in [0.5, 0.6) is 0 Å². The largest absolute Gasteiger partial charge is 0.450 e. The monoisotopic (exact) mass is 1300 g/mol. The lowest BCUT2D eigenvalue weighted by Crippen LogP contribution is -2.53. The van der Waals surface area contributed by atoms with Crippen LogP contribution in [0.1, 0.15) is 99.8 Å². The highest BCUT2D eigenvalue weighted by atomic mass is 16.8. The van der Waals surface area contributed by atoms with Crippen molar-refractivity contribution >= 4 is 23.3 Å². The average Bonchev–Trinajstić information content (AvgIpc) is 1.58. The van der Waals surface area contributed by atoms with Crippen LogP contribution in [0.25, 0.3) is 0 Å².